The maximum atomic E-state index is 12.1. The van der Waals surface area contributed by atoms with Crippen molar-refractivity contribution in [1.82, 2.24) is 10.2 Å². The van der Waals surface area contributed by atoms with E-state index in [2.05, 4.69) is 30.4 Å². The normalized spacial score (nSPS) is 19.6. The van der Waals surface area contributed by atoms with Crippen LogP contribution in [0.2, 0.25) is 0 Å². The lowest BCUT2D eigenvalue weighted by atomic mass is 9.89. The van der Waals surface area contributed by atoms with Gasteiger partial charge in [0.15, 0.2) is 0 Å². The molecule has 1 fully saturated rings. The Hall–Kier alpha value is -1.51. The second-order valence-corrected chi connectivity index (χ2v) is 6.10. The molecule has 1 unspecified atom stereocenters. The molecule has 1 atom stereocenters. The van der Waals surface area contributed by atoms with Gasteiger partial charge in [0.25, 0.3) is 0 Å². The molecule has 1 aromatic carbocycles. The first-order chi connectivity index (χ1) is 9.74. The number of aryl methyl sites for hydroxylation is 2. The fourth-order valence-corrected chi connectivity index (χ4v) is 3.30. The van der Waals surface area contributed by atoms with Crippen molar-refractivity contribution >= 4 is 6.03 Å². The van der Waals surface area contributed by atoms with E-state index >= 15 is 0 Å². The minimum atomic E-state index is 0.0905. The Morgan fingerprint density at radius 1 is 1.10 bits per heavy atom. The molecular formula is C17H24N2O. The summed E-state index contributed by atoms with van der Waals surface area (Å²) in [5, 5.41) is 3.13. The fourth-order valence-electron chi connectivity index (χ4n) is 3.30. The number of nitrogens with zero attached hydrogens (tertiary/aromatic N) is 1. The summed E-state index contributed by atoms with van der Waals surface area (Å²) < 4.78 is 0. The van der Waals surface area contributed by atoms with Crippen LogP contribution in [-0.4, -0.2) is 24.0 Å². The lowest BCUT2D eigenvalue weighted by Crippen LogP contribution is -2.39. The van der Waals surface area contributed by atoms with Gasteiger partial charge in [-0.1, -0.05) is 18.2 Å². The van der Waals surface area contributed by atoms with E-state index in [1.807, 2.05) is 4.90 Å². The second kappa shape index (κ2) is 5.86. The highest BCUT2D eigenvalue weighted by molar-refractivity contribution is 5.75. The summed E-state index contributed by atoms with van der Waals surface area (Å²) in [5.41, 5.74) is 4.22. The van der Waals surface area contributed by atoms with Crippen LogP contribution in [0.4, 0.5) is 4.79 Å². The number of carbonyl (C=O) groups excluding carboxylic acids is 1. The van der Waals surface area contributed by atoms with Crippen molar-refractivity contribution in [2.75, 3.05) is 13.1 Å². The Morgan fingerprint density at radius 3 is 2.55 bits per heavy atom. The Kier molecular flexibility index (Phi) is 3.95. The topological polar surface area (TPSA) is 32.3 Å². The van der Waals surface area contributed by atoms with Gasteiger partial charge in [0.05, 0.1) is 6.04 Å². The molecule has 3 heteroatoms. The maximum Gasteiger partial charge on any atom is 0.317 e. The third-order valence-corrected chi connectivity index (χ3v) is 4.61. The summed E-state index contributed by atoms with van der Waals surface area (Å²) in [6.07, 6.45) is 7.29. The van der Waals surface area contributed by atoms with Crippen molar-refractivity contribution in [3.8, 4) is 0 Å². The summed E-state index contributed by atoms with van der Waals surface area (Å²) in [6, 6.07) is 6.91. The van der Waals surface area contributed by atoms with E-state index in [9.17, 15) is 4.79 Å². The summed E-state index contributed by atoms with van der Waals surface area (Å²) in [6.45, 7) is 3.89. The average molecular weight is 272 g/mol. The van der Waals surface area contributed by atoms with Crippen molar-refractivity contribution in [2.45, 2.75) is 51.5 Å². The number of benzene rings is 1. The molecule has 1 N–H and O–H groups in total. The zero-order valence-corrected chi connectivity index (χ0v) is 12.3. The first-order valence-electron chi connectivity index (χ1n) is 7.91. The molecule has 3 nitrogen and oxygen atoms in total. The molecular weight excluding hydrogens is 248 g/mol. The largest absolute Gasteiger partial charge is 0.331 e. The van der Waals surface area contributed by atoms with Gasteiger partial charge in [0.1, 0.15) is 0 Å². The Morgan fingerprint density at radius 2 is 1.80 bits per heavy atom. The van der Waals surface area contributed by atoms with Gasteiger partial charge in [0, 0.05) is 13.1 Å². The number of fused-ring (bicyclic) bond motifs is 1. The Labute approximate surface area is 121 Å². The van der Waals surface area contributed by atoms with Gasteiger partial charge < -0.3 is 10.2 Å². The number of carbonyl (C=O) groups is 1. The molecule has 1 saturated heterocycles. The number of amides is 2. The highest BCUT2D eigenvalue weighted by Gasteiger charge is 2.20. The van der Waals surface area contributed by atoms with E-state index in [0.29, 0.717) is 0 Å². The van der Waals surface area contributed by atoms with Crippen LogP contribution in [0.3, 0.4) is 0 Å². The van der Waals surface area contributed by atoms with Crippen molar-refractivity contribution < 1.29 is 4.79 Å². The predicted octanol–water partition coefficient (Wildman–Crippen LogP) is 3.43. The average Bonchev–Trinajstić information content (AvgIpc) is 3.01. The molecule has 3 rings (SSSR count). The zero-order valence-electron chi connectivity index (χ0n) is 12.3. The zero-order chi connectivity index (χ0) is 13.9. The van der Waals surface area contributed by atoms with Crippen molar-refractivity contribution in [3.63, 3.8) is 0 Å². The number of likely N-dealkylation sites (tertiary alicyclic amines) is 1. The van der Waals surface area contributed by atoms with Crippen LogP contribution in [-0.2, 0) is 12.8 Å². The predicted molar refractivity (Wildman–Crippen MR) is 80.8 cm³/mol. The molecule has 108 valence electrons. The molecule has 1 aliphatic carbocycles. The van der Waals surface area contributed by atoms with Gasteiger partial charge in [-0.05, 0) is 62.1 Å². The lowest BCUT2D eigenvalue weighted by Gasteiger charge is -2.22. The first kappa shape index (κ1) is 13.5. The van der Waals surface area contributed by atoms with E-state index < -0.39 is 0 Å². The van der Waals surface area contributed by atoms with Gasteiger partial charge in [-0.15, -0.1) is 0 Å². The van der Waals surface area contributed by atoms with E-state index in [0.717, 1.165) is 25.9 Å². The Bertz CT molecular complexity index is 492. The fraction of sp³-hybridized carbons (Fsp3) is 0.588. The molecule has 1 aromatic rings. The van der Waals surface area contributed by atoms with Gasteiger partial charge in [0.2, 0.25) is 0 Å². The molecule has 0 radical (unpaired) electrons. The van der Waals surface area contributed by atoms with Crippen LogP contribution in [0.15, 0.2) is 18.2 Å². The summed E-state index contributed by atoms with van der Waals surface area (Å²) in [5.74, 6) is 0. The van der Waals surface area contributed by atoms with Crippen LogP contribution >= 0.6 is 0 Å². The van der Waals surface area contributed by atoms with Gasteiger partial charge in [-0.25, -0.2) is 4.79 Å². The molecule has 1 heterocycles. The molecule has 0 saturated carbocycles. The summed E-state index contributed by atoms with van der Waals surface area (Å²) in [4.78, 5) is 14.1. The summed E-state index contributed by atoms with van der Waals surface area (Å²) >= 11 is 0. The molecule has 0 bridgehead atoms. The second-order valence-electron chi connectivity index (χ2n) is 6.10. The van der Waals surface area contributed by atoms with E-state index in [4.69, 9.17) is 0 Å². The first-order valence-corrected chi connectivity index (χ1v) is 7.91. The van der Waals surface area contributed by atoms with Crippen LogP contribution < -0.4 is 5.32 Å². The minimum absolute atomic E-state index is 0.0905. The molecule has 0 aromatic heterocycles. The summed E-state index contributed by atoms with van der Waals surface area (Å²) in [7, 11) is 0. The SMILES string of the molecule is CC(NC(=O)N1CCCC1)c1ccc2c(c1)CCCC2. The molecule has 2 aliphatic rings. The van der Waals surface area contributed by atoms with Gasteiger partial charge >= 0.3 is 6.03 Å². The maximum absolute atomic E-state index is 12.1. The standard InChI is InChI=1S/C17H24N2O/c1-13(18-17(20)19-10-4-5-11-19)15-9-8-14-6-2-3-7-16(14)12-15/h8-9,12-13H,2-7,10-11H2,1H3,(H,18,20). The van der Waals surface area contributed by atoms with Crippen LogP contribution in [0.25, 0.3) is 0 Å². The van der Waals surface area contributed by atoms with Gasteiger partial charge in [-0.2, -0.15) is 0 Å². The number of rotatable bonds is 2. The quantitative estimate of drug-likeness (QED) is 0.879. The van der Waals surface area contributed by atoms with Crippen molar-refractivity contribution in [1.29, 1.82) is 0 Å². The highest BCUT2D eigenvalue weighted by atomic mass is 16.2. The van der Waals surface area contributed by atoms with Crippen molar-refractivity contribution in [2.24, 2.45) is 0 Å². The molecule has 2 amide bonds. The van der Waals surface area contributed by atoms with E-state index in [1.165, 1.54) is 42.4 Å². The number of hydrogen-bond donors (Lipinski definition) is 1. The minimum Gasteiger partial charge on any atom is -0.331 e. The molecule has 1 aliphatic heterocycles. The van der Waals surface area contributed by atoms with E-state index in [-0.39, 0.29) is 12.1 Å². The number of urea groups is 1. The van der Waals surface area contributed by atoms with Crippen LogP contribution in [0.1, 0.15) is 55.3 Å². The Balaban J connectivity index is 1.67. The van der Waals surface area contributed by atoms with Gasteiger partial charge in [-0.3, -0.25) is 0 Å². The molecule has 0 spiro atoms. The van der Waals surface area contributed by atoms with Crippen LogP contribution in [0.5, 0.6) is 0 Å². The number of hydrogen-bond acceptors (Lipinski definition) is 1. The van der Waals surface area contributed by atoms with Crippen molar-refractivity contribution in [3.05, 3.63) is 34.9 Å². The molecule has 20 heavy (non-hydrogen) atoms. The lowest BCUT2D eigenvalue weighted by molar-refractivity contribution is 0.205. The van der Waals surface area contributed by atoms with E-state index in [1.54, 1.807) is 0 Å². The van der Waals surface area contributed by atoms with Crippen LogP contribution in [0, 0.1) is 0 Å². The highest BCUT2D eigenvalue weighted by Crippen LogP contribution is 2.25. The monoisotopic (exact) mass is 272 g/mol. The smallest absolute Gasteiger partial charge is 0.317 e. The third kappa shape index (κ3) is 2.82. The number of nitrogens with one attached hydrogen (secondary N) is 1. The third-order valence-electron chi connectivity index (χ3n) is 4.61.